The van der Waals surface area contributed by atoms with Crippen LogP contribution in [0.3, 0.4) is 0 Å². The molecule has 2 aliphatic carbocycles. The number of carbonyl (C=O) groups is 3. The quantitative estimate of drug-likeness (QED) is 0.675. The van der Waals surface area contributed by atoms with Gasteiger partial charge in [-0.1, -0.05) is 18.2 Å². The number of aromatic nitrogens is 1. The molecule has 0 unspecified atom stereocenters. The van der Waals surface area contributed by atoms with Crippen molar-refractivity contribution < 1.29 is 14.4 Å². The van der Waals surface area contributed by atoms with Gasteiger partial charge in [0, 0.05) is 11.8 Å². The van der Waals surface area contributed by atoms with Crippen molar-refractivity contribution in [2.24, 2.45) is 23.7 Å². The van der Waals surface area contributed by atoms with Crippen LogP contribution in [0.25, 0.3) is 0 Å². The molecule has 6 heteroatoms. The van der Waals surface area contributed by atoms with Crippen LogP contribution >= 0.6 is 0 Å². The number of rotatable bonds is 3. The normalized spacial score (nSPS) is 27.9. The van der Waals surface area contributed by atoms with Crippen molar-refractivity contribution in [1.29, 1.82) is 0 Å². The van der Waals surface area contributed by atoms with E-state index in [4.69, 9.17) is 0 Å². The van der Waals surface area contributed by atoms with Crippen molar-refractivity contribution in [3.05, 3.63) is 66.4 Å². The molecule has 134 valence electrons. The largest absolute Gasteiger partial charge is 0.307 e. The molecule has 3 aliphatic rings. The summed E-state index contributed by atoms with van der Waals surface area (Å²) in [4.78, 5) is 43.3. The monoisotopic (exact) mass is 359 g/mol. The van der Waals surface area contributed by atoms with E-state index in [2.05, 4.69) is 22.5 Å². The smallest absolute Gasteiger partial charge is 0.256 e. The third kappa shape index (κ3) is 2.40. The van der Waals surface area contributed by atoms with Gasteiger partial charge >= 0.3 is 0 Å². The molecular formula is C21H17N3O3. The number of hydrogen-bond acceptors (Lipinski definition) is 4. The highest BCUT2D eigenvalue weighted by atomic mass is 16.2. The van der Waals surface area contributed by atoms with Crippen LogP contribution in [0.5, 0.6) is 0 Å². The summed E-state index contributed by atoms with van der Waals surface area (Å²) in [5, 5.41) is 2.71. The molecular weight excluding hydrogens is 342 g/mol. The number of amides is 3. The van der Waals surface area contributed by atoms with Crippen LogP contribution in [-0.4, -0.2) is 22.7 Å². The summed E-state index contributed by atoms with van der Waals surface area (Å²) in [6.45, 7) is 0. The minimum atomic E-state index is -0.293. The van der Waals surface area contributed by atoms with Gasteiger partial charge in [-0.05, 0) is 54.7 Å². The predicted molar refractivity (Wildman–Crippen MR) is 98.8 cm³/mol. The molecule has 5 rings (SSSR count). The number of allylic oxidation sites excluding steroid dienone is 2. The number of fused-ring (bicyclic) bond motifs is 5. The van der Waals surface area contributed by atoms with Crippen molar-refractivity contribution in [2.75, 3.05) is 10.2 Å². The fourth-order valence-corrected chi connectivity index (χ4v) is 4.54. The number of anilines is 2. The highest BCUT2D eigenvalue weighted by molar-refractivity contribution is 6.23. The Labute approximate surface area is 155 Å². The van der Waals surface area contributed by atoms with Gasteiger partial charge in [0.15, 0.2) is 0 Å². The molecule has 2 aromatic rings. The van der Waals surface area contributed by atoms with E-state index in [1.165, 1.54) is 4.90 Å². The van der Waals surface area contributed by atoms with Crippen molar-refractivity contribution in [2.45, 2.75) is 6.42 Å². The highest BCUT2D eigenvalue weighted by Gasteiger charge is 2.59. The summed E-state index contributed by atoms with van der Waals surface area (Å²) in [6.07, 6.45) is 6.66. The van der Waals surface area contributed by atoms with E-state index in [0.717, 1.165) is 6.42 Å². The van der Waals surface area contributed by atoms with Crippen LogP contribution in [0.1, 0.15) is 16.8 Å². The van der Waals surface area contributed by atoms with Gasteiger partial charge in [0.05, 0.1) is 17.5 Å². The Morgan fingerprint density at radius 1 is 0.963 bits per heavy atom. The van der Waals surface area contributed by atoms with E-state index >= 15 is 0 Å². The summed E-state index contributed by atoms with van der Waals surface area (Å²) >= 11 is 0. The molecule has 1 aliphatic heterocycles. The molecule has 1 saturated carbocycles. The van der Waals surface area contributed by atoms with E-state index in [1.54, 1.807) is 48.7 Å². The average Bonchev–Trinajstić information content (AvgIpc) is 3.37. The number of nitrogens with zero attached hydrogens (tertiary/aromatic N) is 2. The summed E-state index contributed by atoms with van der Waals surface area (Å²) in [6, 6.07) is 11.8. The maximum atomic E-state index is 12.8. The molecule has 0 radical (unpaired) electrons. The van der Waals surface area contributed by atoms with Crippen LogP contribution in [0.15, 0.2) is 60.8 Å². The Balaban J connectivity index is 1.36. The molecule has 27 heavy (non-hydrogen) atoms. The Morgan fingerprint density at radius 2 is 1.63 bits per heavy atom. The molecule has 2 heterocycles. The lowest BCUT2D eigenvalue weighted by molar-refractivity contribution is -0.123. The molecule has 1 saturated heterocycles. The van der Waals surface area contributed by atoms with Crippen molar-refractivity contribution in [3.63, 3.8) is 0 Å². The van der Waals surface area contributed by atoms with Crippen molar-refractivity contribution >= 4 is 29.2 Å². The summed E-state index contributed by atoms with van der Waals surface area (Å²) in [5.41, 5.74) is 0.957. The summed E-state index contributed by atoms with van der Waals surface area (Å²) < 4.78 is 0. The predicted octanol–water partition coefficient (Wildman–Crippen LogP) is 2.65. The Kier molecular flexibility index (Phi) is 3.47. The minimum absolute atomic E-state index is 0.118. The molecule has 2 bridgehead atoms. The molecule has 3 amide bonds. The van der Waals surface area contributed by atoms with Gasteiger partial charge in [0.2, 0.25) is 11.8 Å². The van der Waals surface area contributed by atoms with Crippen LogP contribution in [0.2, 0.25) is 0 Å². The second-order valence-corrected chi connectivity index (χ2v) is 7.23. The third-order valence-electron chi connectivity index (χ3n) is 5.76. The first-order valence-electron chi connectivity index (χ1n) is 9.02. The lowest BCUT2D eigenvalue weighted by Gasteiger charge is -2.17. The molecule has 1 aromatic heterocycles. The Morgan fingerprint density at radius 3 is 2.22 bits per heavy atom. The van der Waals surface area contributed by atoms with Gasteiger partial charge in [0.25, 0.3) is 5.91 Å². The zero-order valence-electron chi connectivity index (χ0n) is 14.4. The number of nitrogens with one attached hydrogen (secondary N) is 1. The van der Waals surface area contributed by atoms with Crippen LogP contribution < -0.4 is 10.2 Å². The van der Waals surface area contributed by atoms with E-state index in [0.29, 0.717) is 17.1 Å². The van der Waals surface area contributed by atoms with E-state index in [9.17, 15) is 14.4 Å². The van der Waals surface area contributed by atoms with Crippen molar-refractivity contribution in [3.8, 4) is 0 Å². The number of imide groups is 1. The topological polar surface area (TPSA) is 79.4 Å². The van der Waals surface area contributed by atoms with E-state index in [1.807, 2.05) is 0 Å². The second-order valence-electron chi connectivity index (χ2n) is 7.23. The Bertz CT molecular complexity index is 938. The van der Waals surface area contributed by atoms with Gasteiger partial charge in [-0.3, -0.25) is 19.3 Å². The molecule has 1 N–H and O–H groups in total. The number of pyridine rings is 1. The fourth-order valence-electron chi connectivity index (χ4n) is 4.54. The van der Waals surface area contributed by atoms with Gasteiger partial charge in [-0.15, -0.1) is 0 Å². The molecule has 0 spiro atoms. The fraction of sp³-hybridized carbons (Fsp3) is 0.238. The minimum Gasteiger partial charge on any atom is -0.307 e. The Hall–Kier alpha value is -3.28. The van der Waals surface area contributed by atoms with E-state index in [-0.39, 0.29) is 41.4 Å². The first kappa shape index (κ1) is 15.9. The molecule has 1 aromatic carbocycles. The lowest BCUT2D eigenvalue weighted by atomic mass is 9.85. The third-order valence-corrected chi connectivity index (χ3v) is 5.76. The van der Waals surface area contributed by atoms with Crippen molar-refractivity contribution in [1.82, 2.24) is 4.98 Å². The zero-order chi connectivity index (χ0) is 18.5. The molecule has 4 atom stereocenters. The van der Waals surface area contributed by atoms with Crippen LogP contribution in [-0.2, 0) is 9.59 Å². The highest BCUT2D eigenvalue weighted by Crippen LogP contribution is 2.53. The molecule has 6 nitrogen and oxygen atoms in total. The van der Waals surface area contributed by atoms with Gasteiger partial charge in [-0.25, -0.2) is 4.98 Å². The number of carbonyl (C=O) groups excluding carboxylic acids is 3. The lowest BCUT2D eigenvalue weighted by Crippen LogP contribution is -2.32. The van der Waals surface area contributed by atoms with Crippen LogP contribution in [0.4, 0.5) is 11.5 Å². The second kappa shape index (κ2) is 5.87. The standard InChI is InChI=1S/C21H17N3O3/c25-19(23-16-3-1-2-10-22-16)12-6-8-15(9-7-12)24-20(26)17-13-4-5-14(11-13)18(17)21(24)27/h1-10,13-14,17-18H,11H2,(H,22,23,25)/t13-,14+,17-,18-/m0/s1. The zero-order valence-corrected chi connectivity index (χ0v) is 14.4. The van der Waals surface area contributed by atoms with Gasteiger partial charge in [-0.2, -0.15) is 0 Å². The SMILES string of the molecule is O=C(Nc1ccccn1)c1ccc(N2C(=O)[C@@H]3[C@@H](C2=O)[C@H]2C=C[C@@H]3C2)cc1. The number of benzene rings is 1. The maximum Gasteiger partial charge on any atom is 0.256 e. The first-order chi connectivity index (χ1) is 13.1. The summed E-state index contributed by atoms with van der Waals surface area (Å²) in [5.74, 6) is -0.139. The maximum absolute atomic E-state index is 12.8. The van der Waals surface area contributed by atoms with Crippen LogP contribution in [0, 0.1) is 23.7 Å². The first-order valence-corrected chi connectivity index (χ1v) is 9.02. The summed E-state index contributed by atoms with van der Waals surface area (Å²) in [7, 11) is 0. The van der Waals surface area contributed by atoms with Gasteiger partial charge in [0.1, 0.15) is 5.82 Å². The average molecular weight is 359 g/mol. The van der Waals surface area contributed by atoms with Gasteiger partial charge < -0.3 is 5.32 Å². The van der Waals surface area contributed by atoms with E-state index < -0.39 is 0 Å². The molecule has 2 fully saturated rings. The number of hydrogen-bond donors (Lipinski definition) is 1.